The van der Waals surface area contributed by atoms with Gasteiger partial charge in [-0.1, -0.05) is 6.92 Å². The first-order valence-corrected chi connectivity index (χ1v) is 8.04. The number of carbonyl (C=O) groups is 1. The third kappa shape index (κ3) is 5.04. The molecule has 20 heavy (non-hydrogen) atoms. The van der Waals surface area contributed by atoms with Crippen molar-refractivity contribution in [3.05, 3.63) is 0 Å². The Hall–Kier alpha value is -0.650. The van der Waals surface area contributed by atoms with E-state index in [2.05, 4.69) is 34.4 Å². The van der Waals surface area contributed by atoms with Crippen molar-refractivity contribution in [2.24, 2.45) is 11.8 Å². The number of hydrogen-bond donors (Lipinski definition) is 2. The van der Waals surface area contributed by atoms with Gasteiger partial charge >= 0.3 is 0 Å². The molecule has 0 aliphatic carbocycles. The van der Waals surface area contributed by atoms with Crippen LogP contribution in [0.4, 0.5) is 0 Å². The van der Waals surface area contributed by atoms with Crippen LogP contribution in [0.3, 0.4) is 0 Å². The monoisotopic (exact) mass is 282 g/mol. The van der Waals surface area contributed by atoms with E-state index in [4.69, 9.17) is 0 Å². The summed E-state index contributed by atoms with van der Waals surface area (Å²) in [6.45, 7) is 10.7. The predicted octanol–water partition coefficient (Wildman–Crippen LogP) is -0.0143. The molecule has 0 bridgehead atoms. The van der Waals surface area contributed by atoms with E-state index in [1.165, 1.54) is 0 Å². The Balaban J connectivity index is 1.61. The second-order valence-electron chi connectivity index (χ2n) is 6.50. The number of piperidine rings is 1. The molecule has 2 rings (SSSR count). The van der Waals surface area contributed by atoms with E-state index in [0.29, 0.717) is 5.92 Å². The highest BCUT2D eigenvalue weighted by molar-refractivity contribution is 5.78. The molecule has 2 saturated heterocycles. The van der Waals surface area contributed by atoms with Gasteiger partial charge in [0.25, 0.3) is 0 Å². The average molecular weight is 282 g/mol. The van der Waals surface area contributed by atoms with Gasteiger partial charge in [-0.25, -0.2) is 0 Å². The Labute approximate surface area is 123 Å². The van der Waals surface area contributed by atoms with Gasteiger partial charge in [0, 0.05) is 45.8 Å². The minimum Gasteiger partial charge on any atom is -0.356 e. The first kappa shape index (κ1) is 15.7. The van der Waals surface area contributed by atoms with Crippen molar-refractivity contribution in [1.29, 1.82) is 0 Å². The number of amides is 1. The maximum atomic E-state index is 12.1. The van der Waals surface area contributed by atoms with Gasteiger partial charge in [-0.15, -0.1) is 0 Å². The molecule has 2 atom stereocenters. The Kier molecular flexibility index (Phi) is 6.26. The molecule has 5 nitrogen and oxygen atoms in total. The molecule has 5 heteroatoms. The van der Waals surface area contributed by atoms with Crippen LogP contribution in [0.2, 0.25) is 0 Å². The quantitative estimate of drug-likeness (QED) is 0.744. The summed E-state index contributed by atoms with van der Waals surface area (Å²) in [5, 5.41) is 6.43. The minimum absolute atomic E-state index is 0.180. The van der Waals surface area contributed by atoms with Crippen LogP contribution in [0.5, 0.6) is 0 Å². The normalized spacial score (nSPS) is 27.2. The molecule has 2 unspecified atom stereocenters. The molecule has 116 valence electrons. The van der Waals surface area contributed by atoms with Gasteiger partial charge in [0.15, 0.2) is 0 Å². The molecule has 0 spiro atoms. The van der Waals surface area contributed by atoms with E-state index < -0.39 is 0 Å². The van der Waals surface area contributed by atoms with Crippen LogP contribution in [-0.4, -0.2) is 75.1 Å². The molecule has 1 amide bonds. The van der Waals surface area contributed by atoms with Crippen LogP contribution < -0.4 is 10.6 Å². The average Bonchev–Trinajstić information content (AvgIpc) is 2.48. The van der Waals surface area contributed by atoms with Crippen molar-refractivity contribution in [2.45, 2.75) is 19.8 Å². The Morgan fingerprint density at radius 1 is 1.35 bits per heavy atom. The molecule has 2 heterocycles. The van der Waals surface area contributed by atoms with Crippen LogP contribution in [0, 0.1) is 11.8 Å². The van der Waals surface area contributed by atoms with Crippen LogP contribution >= 0.6 is 0 Å². The fraction of sp³-hybridized carbons (Fsp3) is 0.933. The molecular weight excluding hydrogens is 252 g/mol. The third-order valence-electron chi connectivity index (χ3n) is 4.46. The van der Waals surface area contributed by atoms with Crippen molar-refractivity contribution in [3.63, 3.8) is 0 Å². The number of hydrogen-bond acceptors (Lipinski definition) is 4. The van der Waals surface area contributed by atoms with Gasteiger partial charge in [0.2, 0.25) is 5.91 Å². The highest BCUT2D eigenvalue weighted by atomic mass is 16.1. The highest BCUT2D eigenvalue weighted by Crippen LogP contribution is 2.10. The maximum Gasteiger partial charge on any atom is 0.224 e. The van der Waals surface area contributed by atoms with Crippen molar-refractivity contribution >= 4 is 5.91 Å². The van der Waals surface area contributed by atoms with Gasteiger partial charge < -0.3 is 20.4 Å². The van der Waals surface area contributed by atoms with Crippen molar-refractivity contribution < 1.29 is 4.79 Å². The van der Waals surface area contributed by atoms with E-state index in [-0.39, 0.29) is 11.8 Å². The maximum absolute atomic E-state index is 12.1. The van der Waals surface area contributed by atoms with Gasteiger partial charge in [-0.2, -0.15) is 0 Å². The molecule has 2 aliphatic rings. The molecule has 0 aromatic heterocycles. The smallest absolute Gasteiger partial charge is 0.224 e. The van der Waals surface area contributed by atoms with E-state index in [9.17, 15) is 4.79 Å². The summed E-state index contributed by atoms with van der Waals surface area (Å²) in [4.78, 5) is 17.0. The zero-order chi connectivity index (χ0) is 14.4. The van der Waals surface area contributed by atoms with Gasteiger partial charge in [0.05, 0.1) is 5.92 Å². The predicted molar refractivity (Wildman–Crippen MR) is 81.7 cm³/mol. The highest BCUT2D eigenvalue weighted by Gasteiger charge is 2.21. The van der Waals surface area contributed by atoms with E-state index in [1.54, 1.807) is 0 Å². The molecule has 0 radical (unpaired) electrons. The fourth-order valence-electron chi connectivity index (χ4n) is 3.03. The fourth-order valence-corrected chi connectivity index (χ4v) is 3.03. The molecular formula is C15H30N4O. The number of nitrogens with zero attached hydrogens (tertiary/aromatic N) is 2. The summed E-state index contributed by atoms with van der Waals surface area (Å²) >= 11 is 0. The summed E-state index contributed by atoms with van der Waals surface area (Å²) in [6.07, 6.45) is 2.15. The van der Waals surface area contributed by atoms with E-state index in [0.717, 1.165) is 65.2 Å². The topological polar surface area (TPSA) is 47.6 Å². The van der Waals surface area contributed by atoms with Crippen LogP contribution in [0.15, 0.2) is 0 Å². The molecule has 0 saturated carbocycles. The largest absolute Gasteiger partial charge is 0.356 e. The SMILES string of the molecule is CC(CNC(=O)C1CCCNC1)CN1CCN(C)CC1. The lowest BCUT2D eigenvalue weighted by molar-refractivity contribution is -0.125. The number of carbonyl (C=O) groups excluding carboxylic acids is 1. The zero-order valence-corrected chi connectivity index (χ0v) is 13.0. The van der Waals surface area contributed by atoms with Crippen LogP contribution in [-0.2, 0) is 4.79 Å². The lowest BCUT2D eigenvalue weighted by Crippen LogP contribution is -2.47. The third-order valence-corrected chi connectivity index (χ3v) is 4.46. The summed E-state index contributed by atoms with van der Waals surface area (Å²) in [5.74, 6) is 0.945. The molecule has 0 aromatic carbocycles. The molecule has 2 N–H and O–H groups in total. The van der Waals surface area contributed by atoms with Crippen molar-refractivity contribution in [1.82, 2.24) is 20.4 Å². The zero-order valence-electron chi connectivity index (χ0n) is 13.0. The Morgan fingerprint density at radius 3 is 2.75 bits per heavy atom. The molecule has 2 fully saturated rings. The van der Waals surface area contributed by atoms with Crippen molar-refractivity contribution in [2.75, 3.05) is 59.4 Å². The summed E-state index contributed by atoms with van der Waals surface area (Å²) in [6, 6.07) is 0. The van der Waals surface area contributed by atoms with Crippen molar-refractivity contribution in [3.8, 4) is 0 Å². The first-order valence-electron chi connectivity index (χ1n) is 8.04. The first-order chi connectivity index (χ1) is 9.65. The van der Waals surface area contributed by atoms with Gasteiger partial charge in [-0.05, 0) is 32.4 Å². The second kappa shape index (κ2) is 7.96. The lowest BCUT2D eigenvalue weighted by atomic mass is 9.98. The number of piperazine rings is 1. The second-order valence-corrected chi connectivity index (χ2v) is 6.50. The minimum atomic E-state index is 0.180. The Bertz CT molecular complexity index is 296. The number of likely N-dealkylation sites (N-methyl/N-ethyl adjacent to an activating group) is 1. The van der Waals surface area contributed by atoms with Crippen LogP contribution in [0.1, 0.15) is 19.8 Å². The number of rotatable bonds is 5. The summed E-state index contributed by atoms with van der Waals surface area (Å²) in [5.41, 5.74) is 0. The Morgan fingerprint density at radius 2 is 2.10 bits per heavy atom. The van der Waals surface area contributed by atoms with Gasteiger partial charge in [-0.3, -0.25) is 4.79 Å². The molecule has 2 aliphatic heterocycles. The molecule has 0 aromatic rings. The lowest BCUT2D eigenvalue weighted by Gasteiger charge is -2.34. The van der Waals surface area contributed by atoms with Crippen LogP contribution in [0.25, 0.3) is 0 Å². The van der Waals surface area contributed by atoms with Gasteiger partial charge in [0.1, 0.15) is 0 Å². The van der Waals surface area contributed by atoms with E-state index >= 15 is 0 Å². The summed E-state index contributed by atoms with van der Waals surface area (Å²) in [7, 11) is 2.18. The standard InChI is InChI=1S/C15H30N4O/c1-13(12-19-8-6-18(2)7-9-19)10-17-15(20)14-4-3-5-16-11-14/h13-14,16H,3-12H2,1-2H3,(H,17,20). The number of nitrogens with one attached hydrogen (secondary N) is 2. The van der Waals surface area contributed by atoms with E-state index in [1.807, 2.05) is 0 Å². The summed E-state index contributed by atoms with van der Waals surface area (Å²) < 4.78 is 0.